The van der Waals surface area contributed by atoms with Gasteiger partial charge in [0, 0.05) is 18.7 Å². The molecule has 0 aliphatic carbocycles. The summed E-state index contributed by atoms with van der Waals surface area (Å²) in [7, 11) is 0. The molecule has 6 heteroatoms. The average Bonchev–Trinajstić information content (AvgIpc) is 2.66. The van der Waals surface area contributed by atoms with E-state index < -0.39 is 18.0 Å². The molecule has 1 atom stereocenters. The number of aliphatic hydroxyl groups is 1. The lowest BCUT2D eigenvalue weighted by molar-refractivity contribution is -0.118. The van der Waals surface area contributed by atoms with Gasteiger partial charge in [-0.15, -0.1) is 0 Å². The third-order valence-electron chi connectivity index (χ3n) is 4.32. The van der Waals surface area contributed by atoms with Crippen LogP contribution in [0, 0.1) is 0 Å². The number of hydrogen-bond acceptors (Lipinski definition) is 3. The van der Waals surface area contributed by atoms with Crippen LogP contribution >= 0.6 is 0 Å². The maximum Gasteiger partial charge on any atom is 0.431 e. The van der Waals surface area contributed by atoms with Gasteiger partial charge in [0.15, 0.2) is 0 Å². The van der Waals surface area contributed by atoms with Crippen LogP contribution in [0.2, 0.25) is 0 Å². The predicted molar refractivity (Wildman–Crippen MR) is 93.2 cm³/mol. The zero-order valence-corrected chi connectivity index (χ0v) is 14.1. The summed E-state index contributed by atoms with van der Waals surface area (Å²) in [4.78, 5) is 1.26. The predicted octanol–water partition coefficient (Wildman–Crippen LogP) is 4.03. The van der Waals surface area contributed by atoms with Crippen molar-refractivity contribution in [3.63, 3.8) is 0 Å². The third kappa shape index (κ3) is 4.08. The molecule has 0 radical (unpaired) electrons. The van der Waals surface area contributed by atoms with E-state index in [-0.39, 0.29) is 31.9 Å². The van der Waals surface area contributed by atoms with Crippen molar-refractivity contribution < 1.29 is 23.0 Å². The highest BCUT2D eigenvalue weighted by Gasteiger charge is 2.42. The number of halogens is 3. The van der Waals surface area contributed by atoms with Gasteiger partial charge in [0.2, 0.25) is 0 Å². The fraction of sp³-hybridized carbons (Fsp3) is 0.300. The van der Waals surface area contributed by atoms with Crippen LogP contribution in [0.15, 0.2) is 66.4 Å². The Morgan fingerprint density at radius 2 is 1.46 bits per heavy atom. The standard InChI is InChI=1S/C20H20F3NO2/c21-20(22,23)19(24-11-13-26-14-12-24)17(15-7-3-1-4-8-15)18(25)16-9-5-2-6-10-16/h1-10,18,25H,11-14H2/b19-17+. The first-order chi connectivity index (χ1) is 12.5. The van der Waals surface area contributed by atoms with E-state index in [0.29, 0.717) is 11.1 Å². The molecule has 2 aromatic carbocycles. The van der Waals surface area contributed by atoms with Gasteiger partial charge in [-0.2, -0.15) is 13.2 Å². The van der Waals surface area contributed by atoms with E-state index >= 15 is 0 Å². The van der Waals surface area contributed by atoms with Crippen LogP contribution in [0.25, 0.3) is 5.57 Å². The molecule has 0 amide bonds. The molecule has 1 fully saturated rings. The fourth-order valence-electron chi connectivity index (χ4n) is 3.13. The average molecular weight is 363 g/mol. The van der Waals surface area contributed by atoms with Crippen LogP contribution in [0.4, 0.5) is 13.2 Å². The Kier molecular flexibility index (Phi) is 5.64. The summed E-state index contributed by atoms with van der Waals surface area (Å²) in [5.41, 5.74) is -0.168. The Bertz CT molecular complexity index is 739. The number of ether oxygens (including phenoxy) is 1. The lowest BCUT2D eigenvalue weighted by Crippen LogP contribution is -2.41. The Morgan fingerprint density at radius 1 is 0.923 bits per heavy atom. The van der Waals surface area contributed by atoms with Gasteiger partial charge >= 0.3 is 6.18 Å². The number of hydrogen-bond donors (Lipinski definition) is 1. The van der Waals surface area contributed by atoms with Gasteiger partial charge in [-0.05, 0) is 11.1 Å². The molecule has 1 heterocycles. The Balaban J connectivity index is 2.20. The summed E-state index contributed by atoms with van der Waals surface area (Å²) in [5.74, 6) is 0. The topological polar surface area (TPSA) is 32.7 Å². The minimum absolute atomic E-state index is 0.132. The quantitative estimate of drug-likeness (QED) is 0.890. The molecule has 1 aliphatic heterocycles. The highest BCUT2D eigenvalue weighted by molar-refractivity contribution is 5.73. The van der Waals surface area contributed by atoms with Crippen LogP contribution < -0.4 is 0 Å². The summed E-state index contributed by atoms with van der Waals surface area (Å²) in [6, 6.07) is 16.7. The molecule has 3 rings (SSSR count). The van der Waals surface area contributed by atoms with Gasteiger partial charge in [0.25, 0.3) is 0 Å². The van der Waals surface area contributed by atoms with E-state index in [0.717, 1.165) is 0 Å². The van der Waals surface area contributed by atoms with Crippen LogP contribution in [0.5, 0.6) is 0 Å². The van der Waals surface area contributed by atoms with E-state index in [1.807, 2.05) is 0 Å². The SMILES string of the molecule is OC(/C(=C(/N1CCOCC1)C(F)(F)F)c1ccccc1)c1ccccc1. The largest absolute Gasteiger partial charge is 0.431 e. The van der Waals surface area contributed by atoms with Gasteiger partial charge in [0.05, 0.1) is 13.2 Å². The van der Waals surface area contributed by atoms with Crippen molar-refractivity contribution in [2.45, 2.75) is 12.3 Å². The van der Waals surface area contributed by atoms with Crippen molar-refractivity contribution in [3.05, 3.63) is 77.5 Å². The first-order valence-electron chi connectivity index (χ1n) is 8.41. The van der Waals surface area contributed by atoms with Crippen LogP contribution in [0.3, 0.4) is 0 Å². The molecule has 0 aromatic heterocycles. The molecule has 1 N–H and O–H groups in total. The van der Waals surface area contributed by atoms with Crippen molar-refractivity contribution in [2.75, 3.05) is 26.3 Å². The maximum atomic E-state index is 14.1. The van der Waals surface area contributed by atoms with Gasteiger partial charge in [-0.25, -0.2) is 0 Å². The molecule has 1 unspecified atom stereocenters. The van der Waals surface area contributed by atoms with Gasteiger partial charge in [0.1, 0.15) is 11.8 Å². The molecule has 0 saturated carbocycles. The van der Waals surface area contributed by atoms with E-state index in [9.17, 15) is 18.3 Å². The Hall–Kier alpha value is -2.31. The number of alkyl halides is 3. The molecule has 0 spiro atoms. The smallest absolute Gasteiger partial charge is 0.384 e. The molecule has 26 heavy (non-hydrogen) atoms. The third-order valence-corrected chi connectivity index (χ3v) is 4.32. The lowest BCUT2D eigenvalue weighted by atomic mass is 9.92. The molecule has 138 valence electrons. The van der Waals surface area contributed by atoms with Gasteiger partial charge < -0.3 is 14.7 Å². The Morgan fingerprint density at radius 3 is 2.00 bits per heavy atom. The van der Waals surface area contributed by atoms with Crippen LogP contribution in [0.1, 0.15) is 17.2 Å². The second-order valence-electron chi connectivity index (χ2n) is 6.04. The van der Waals surface area contributed by atoms with E-state index in [1.165, 1.54) is 4.90 Å². The summed E-state index contributed by atoms with van der Waals surface area (Å²) in [6.07, 6.45) is -5.99. The molecular formula is C20H20F3NO2. The summed E-state index contributed by atoms with van der Waals surface area (Å²) in [6.45, 7) is 0.714. The van der Waals surface area contributed by atoms with E-state index in [2.05, 4.69) is 0 Å². The van der Waals surface area contributed by atoms with Crippen LogP contribution in [-0.2, 0) is 4.74 Å². The summed E-state index contributed by atoms with van der Waals surface area (Å²) in [5, 5.41) is 10.9. The van der Waals surface area contributed by atoms with Gasteiger partial charge in [-0.1, -0.05) is 60.7 Å². The second-order valence-corrected chi connectivity index (χ2v) is 6.04. The van der Waals surface area contributed by atoms with Crippen molar-refractivity contribution in [2.24, 2.45) is 0 Å². The second kappa shape index (κ2) is 7.93. The number of morpholine rings is 1. The summed E-state index contributed by atoms with van der Waals surface area (Å²) >= 11 is 0. The minimum Gasteiger partial charge on any atom is -0.384 e. The zero-order valence-electron chi connectivity index (χ0n) is 14.1. The monoisotopic (exact) mass is 363 g/mol. The van der Waals surface area contributed by atoms with E-state index in [1.54, 1.807) is 60.7 Å². The van der Waals surface area contributed by atoms with E-state index in [4.69, 9.17) is 4.74 Å². The normalized spacial score (nSPS) is 17.6. The molecule has 2 aromatic rings. The van der Waals surface area contributed by atoms with Crippen molar-refractivity contribution in [3.8, 4) is 0 Å². The first-order valence-corrected chi connectivity index (χ1v) is 8.41. The van der Waals surface area contributed by atoms with Crippen molar-refractivity contribution >= 4 is 5.57 Å². The zero-order chi connectivity index (χ0) is 18.6. The number of aliphatic hydroxyl groups excluding tert-OH is 1. The minimum atomic E-state index is -4.60. The molecule has 0 bridgehead atoms. The summed E-state index contributed by atoms with van der Waals surface area (Å²) < 4.78 is 47.4. The lowest BCUT2D eigenvalue weighted by Gasteiger charge is -2.35. The number of allylic oxidation sites excluding steroid dienone is 1. The van der Waals surface area contributed by atoms with Gasteiger partial charge in [-0.3, -0.25) is 0 Å². The molecule has 1 aliphatic rings. The highest BCUT2D eigenvalue weighted by Crippen LogP contribution is 2.41. The number of benzene rings is 2. The fourth-order valence-corrected chi connectivity index (χ4v) is 3.13. The number of rotatable bonds is 4. The first kappa shape index (κ1) is 18.5. The maximum absolute atomic E-state index is 14.1. The number of nitrogens with zero attached hydrogens (tertiary/aromatic N) is 1. The highest BCUT2D eigenvalue weighted by atomic mass is 19.4. The molecule has 3 nitrogen and oxygen atoms in total. The Labute approximate surface area is 150 Å². The van der Waals surface area contributed by atoms with Crippen molar-refractivity contribution in [1.29, 1.82) is 0 Å². The van der Waals surface area contributed by atoms with Crippen molar-refractivity contribution in [1.82, 2.24) is 4.90 Å². The molecular weight excluding hydrogens is 343 g/mol. The molecule has 1 saturated heterocycles. The van der Waals surface area contributed by atoms with Crippen LogP contribution in [-0.4, -0.2) is 42.5 Å².